The predicted octanol–water partition coefficient (Wildman–Crippen LogP) is 2.87. The van der Waals surface area contributed by atoms with Gasteiger partial charge in [-0.05, 0) is 31.0 Å². The van der Waals surface area contributed by atoms with Gasteiger partial charge in [-0.2, -0.15) is 0 Å². The third-order valence-corrected chi connectivity index (χ3v) is 4.62. The highest BCUT2D eigenvalue weighted by Crippen LogP contribution is 2.24. The number of anilines is 1. The van der Waals surface area contributed by atoms with Crippen molar-refractivity contribution >= 4 is 17.5 Å². The minimum Gasteiger partial charge on any atom is -0.338 e. The van der Waals surface area contributed by atoms with Crippen LogP contribution in [0.15, 0.2) is 54.9 Å². The summed E-state index contributed by atoms with van der Waals surface area (Å²) < 4.78 is 0. The average molecular weight is 337 g/mol. The fraction of sp³-hybridized carbons (Fsp3) is 0.350. The molecule has 2 amide bonds. The van der Waals surface area contributed by atoms with Gasteiger partial charge < -0.3 is 9.80 Å². The standard InChI is InChI=1S/C20H23N3O2/c1-2-23(18-10-12-21-13-11-18)20(25)17-8-9-19(24)22(15-17)14-16-6-4-3-5-7-16/h3-7,10-13,17H,2,8-9,14-15H2,1H3. The van der Waals surface area contributed by atoms with Gasteiger partial charge in [-0.25, -0.2) is 0 Å². The van der Waals surface area contributed by atoms with Crippen molar-refractivity contribution in [2.75, 3.05) is 18.0 Å². The predicted molar refractivity (Wildman–Crippen MR) is 96.8 cm³/mol. The maximum absolute atomic E-state index is 13.0. The quantitative estimate of drug-likeness (QED) is 0.843. The van der Waals surface area contributed by atoms with Gasteiger partial charge in [0, 0.05) is 44.1 Å². The molecule has 0 aliphatic carbocycles. The first kappa shape index (κ1) is 17.1. The topological polar surface area (TPSA) is 53.5 Å². The van der Waals surface area contributed by atoms with Crippen molar-refractivity contribution in [2.24, 2.45) is 5.92 Å². The van der Waals surface area contributed by atoms with Crippen molar-refractivity contribution in [3.05, 3.63) is 60.4 Å². The summed E-state index contributed by atoms with van der Waals surface area (Å²) in [4.78, 5) is 32.9. The third-order valence-electron chi connectivity index (χ3n) is 4.62. The molecule has 1 aromatic heterocycles. The number of carbonyl (C=O) groups is 2. The number of nitrogens with zero attached hydrogens (tertiary/aromatic N) is 3. The van der Waals surface area contributed by atoms with Crippen LogP contribution in [0.5, 0.6) is 0 Å². The zero-order chi connectivity index (χ0) is 17.6. The molecule has 2 aromatic rings. The van der Waals surface area contributed by atoms with Crippen LogP contribution < -0.4 is 4.90 Å². The smallest absolute Gasteiger partial charge is 0.231 e. The van der Waals surface area contributed by atoms with Crippen LogP contribution in [0.3, 0.4) is 0 Å². The van der Waals surface area contributed by atoms with Crippen LogP contribution in [0.25, 0.3) is 0 Å². The minimum absolute atomic E-state index is 0.0826. The molecule has 5 nitrogen and oxygen atoms in total. The van der Waals surface area contributed by atoms with Crippen molar-refractivity contribution in [2.45, 2.75) is 26.3 Å². The highest BCUT2D eigenvalue weighted by Gasteiger charge is 2.32. The normalized spacial score (nSPS) is 17.4. The van der Waals surface area contributed by atoms with Gasteiger partial charge in [0.1, 0.15) is 0 Å². The van der Waals surface area contributed by atoms with Gasteiger partial charge in [-0.3, -0.25) is 14.6 Å². The Labute approximate surface area is 148 Å². The van der Waals surface area contributed by atoms with Crippen LogP contribution in [0.4, 0.5) is 5.69 Å². The number of piperidine rings is 1. The van der Waals surface area contributed by atoms with Crippen LogP contribution in [0.1, 0.15) is 25.3 Å². The monoisotopic (exact) mass is 337 g/mol. The SMILES string of the molecule is CCN(C(=O)C1CCC(=O)N(Cc2ccccc2)C1)c1ccncc1. The summed E-state index contributed by atoms with van der Waals surface area (Å²) in [7, 11) is 0. The lowest BCUT2D eigenvalue weighted by molar-refractivity contribution is -0.138. The van der Waals surface area contributed by atoms with E-state index in [1.54, 1.807) is 17.3 Å². The van der Waals surface area contributed by atoms with Gasteiger partial charge in [-0.1, -0.05) is 30.3 Å². The summed E-state index contributed by atoms with van der Waals surface area (Å²) in [6.07, 6.45) is 4.43. The van der Waals surface area contributed by atoms with E-state index in [2.05, 4.69) is 4.98 Å². The molecule has 1 fully saturated rings. The van der Waals surface area contributed by atoms with Gasteiger partial charge in [0.15, 0.2) is 0 Å². The van der Waals surface area contributed by atoms with Gasteiger partial charge in [0.2, 0.25) is 11.8 Å². The fourth-order valence-corrected chi connectivity index (χ4v) is 3.28. The Morgan fingerprint density at radius 1 is 1.20 bits per heavy atom. The van der Waals surface area contributed by atoms with Gasteiger partial charge >= 0.3 is 0 Å². The van der Waals surface area contributed by atoms with E-state index in [0.29, 0.717) is 32.5 Å². The lowest BCUT2D eigenvalue weighted by atomic mass is 9.95. The van der Waals surface area contributed by atoms with Gasteiger partial charge in [-0.15, -0.1) is 0 Å². The maximum atomic E-state index is 13.0. The summed E-state index contributed by atoms with van der Waals surface area (Å²) in [6.45, 7) is 3.61. The van der Waals surface area contributed by atoms with Crippen molar-refractivity contribution in [1.82, 2.24) is 9.88 Å². The molecule has 5 heteroatoms. The largest absolute Gasteiger partial charge is 0.338 e. The molecule has 1 aliphatic rings. The summed E-state index contributed by atoms with van der Waals surface area (Å²) in [5.41, 5.74) is 1.94. The molecule has 25 heavy (non-hydrogen) atoms. The Hall–Kier alpha value is -2.69. The summed E-state index contributed by atoms with van der Waals surface area (Å²) in [5.74, 6) is 0.0497. The van der Waals surface area contributed by atoms with Crippen LogP contribution >= 0.6 is 0 Å². The van der Waals surface area contributed by atoms with Crippen molar-refractivity contribution < 1.29 is 9.59 Å². The van der Waals surface area contributed by atoms with Crippen LogP contribution in [-0.2, 0) is 16.1 Å². The molecule has 1 unspecified atom stereocenters. The molecule has 1 atom stereocenters. The van der Waals surface area contributed by atoms with Crippen molar-refractivity contribution in [3.8, 4) is 0 Å². The van der Waals surface area contributed by atoms with Crippen LogP contribution in [0.2, 0.25) is 0 Å². The number of amides is 2. The molecule has 1 saturated heterocycles. The first-order chi connectivity index (χ1) is 12.2. The molecule has 1 aliphatic heterocycles. The summed E-state index contributed by atoms with van der Waals surface area (Å²) in [5, 5.41) is 0. The average Bonchev–Trinajstić information content (AvgIpc) is 2.66. The number of benzene rings is 1. The second-order valence-electron chi connectivity index (χ2n) is 6.28. The van der Waals surface area contributed by atoms with E-state index >= 15 is 0 Å². The summed E-state index contributed by atoms with van der Waals surface area (Å²) >= 11 is 0. The van der Waals surface area contributed by atoms with E-state index in [0.717, 1.165) is 11.3 Å². The lowest BCUT2D eigenvalue weighted by Gasteiger charge is -2.34. The molecule has 2 heterocycles. The Bertz CT molecular complexity index is 718. The summed E-state index contributed by atoms with van der Waals surface area (Å²) in [6, 6.07) is 13.6. The highest BCUT2D eigenvalue weighted by atomic mass is 16.2. The van der Waals surface area contributed by atoms with E-state index in [1.165, 1.54) is 0 Å². The molecule has 1 aromatic carbocycles. The van der Waals surface area contributed by atoms with E-state index < -0.39 is 0 Å². The van der Waals surface area contributed by atoms with Gasteiger partial charge in [0.05, 0.1) is 5.92 Å². The van der Waals surface area contributed by atoms with E-state index in [1.807, 2.05) is 54.3 Å². The first-order valence-corrected chi connectivity index (χ1v) is 8.72. The molecule has 130 valence electrons. The van der Waals surface area contributed by atoms with Crippen LogP contribution in [0, 0.1) is 5.92 Å². The van der Waals surface area contributed by atoms with E-state index in [4.69, 9.17) is 0 Å². The van der Waals surface area contributed by atoms with Crippen molar-refractivity contribution in [1.29, 1.82) is 0 Å². The molecule has 0 radical (unpaired) electrons. The Kier molecular flexibility index (Phi) is 5.43. The van der Waals surface area contributed by atoms with Crippen LogP contribution in [-0.4, -0.2) is 34.8 Å². The minimum atomic E-state index is -0.158. The molecule has 0 bridgehead atoms. The Morgan fingerprint density at radius 3 is 2.60 bits per heavy atom. The number of carbonyl (C=O) groups excluding carboxylic acids is 2. The Balaban J connectivity index is 1.71. The third kappa shape index (κ3) is 4.05. The molecular weight excluding hydrogens is 314 g/mol. The van der Waals surface area contributed by atoms with E-state index in [9.17, 15) is 9.59 Å². The zero-order valence-electron chi connectivity index (χ0n) is 14.5. The maximum Gasteiger partial charge on any atom is 0.231 e. The van der Waals surface area contributed by atoms with Gasteiger partial charge in [0.25, 0.3) is 0 Å². The second-order valence-corrected chi connectivity index (χ2v) is 6.28. The highest BCUT2D eigenvalue weighted by molar-refractivity contribution is 5.96. The number of likely N-dealkylation sites (tertiary alicyclic amines) is 1. The number of aromatic nitrogens is 1. The molecule has 3 rings (SSSR count). The molecule has 0 saturated carbocycles. The fourth-order valence-electron chi connectivity index (χ4n) is 3.28. The number of rotatable bonds is 5. The lowest BCUT2D eigenvalue weighted by Crippen LogP contribution is -2.46. The Morgan fingerprint density at radius 2 is 1.92 bits per heavy atom. The number of hydrogen-bond donors (Lipinski definition) is 0. The molecule has 0 N–H and O–H groups in total. The van der Waals surface area contributed by atoms with E-state index in [-0.39, 0.29) is 17.7 Å². The zero-order valence-corrected chi connectivity index (χ0v) is 14.5. The first-order valence-electron chi connectivity index (χ1n) is 8.72. The van der Waals surface area contributed by atoms with Crippen molar-refractivity contribution in [3.63, 3.8) is 0 Å². The molecule has 0 spiro atoms. The number of pyridine rings is 1. The number of hydrogen-bond acceptors (Lipinski definition) is 3. The molecular formula is C20H23N3O2. The second kappa shape index (κ2) is 7.92.